The fraction of sp³-hybridized carbons (Fsp3) is 0.917. The van der Waals surface area contributed by atoms with Gasteiger partial charge in [0.05, 0.1) is 13.0 Å². The van der Waals surface area contributed by atoms with Crippen molar-refractivity contribution in [3.63, 3.8) is 0 Å². The van der Waals surface area contributed by atoms with E-state index in [1.165, 1.54) is 0 Å². The first-order valence-electron chi connectivity index (χ1n) is 6.03. The van der Waals surface area contributed by atoms with Gasteiger partial charge in [-0.3, -0.25) is 4.79 Å². The van der Waals surface area contributed by atoms with Gasteiger partial charge in [-0.1, -0.05) is 13.8 Å². The van der Waals surface area contributed by atoms with Crippen LogP contribution in [0.1, 0.15) is 40.5 Å². The molecule has 0 spiro atoms. The lowest BCUT2D eigenvalue weighted by molar-refractivity contribution is -0.143. The normalized spacial score (nSPS) is 14.9. The minimum absolute atomic E-state index is 0.0815. The quantitative estimate of drug-likeness (QED) is 0.619. The van der Waals surface area contributed by atoms with Gasteiger partial charge in [-0.05, 0) is 26.2 Å². The molecule has 0 fully saturated rings. The van der Waals surface area contributed by atoms with Crippen molar-refractivity contribution < 1.29 is 14.6 Å². The van der Waals surface area contributed by atoms with Crippen molar-refractivity contribution in [3.8, 4) is 0 Å². The highest BCUT2D eigenvalue weighted by Crippen LogP contribution is 2.08. The fourth-order valence-electron chi connectivity index (χ4n) is 1.64. The van der Waals surface area contributed by atoms with Crippen LogP contribution in [-0.4, -0.2) is 36.4 Å². The molecular formula is C12H25NO3. The standard InChI is InChI=1S/C12H25NO3/c1-5-16-12(15)8-10(4)13-11(6-7-14)9(2)3/h9-11,13-14H,5-8H2,1-4H3. The molecule has 0 aromatic rings. The Kier molecular flexibility index (Phi) is 8.21. The Bertz CT molecular complexity index is 195. The van der Waals surface area contributed by atoms with Crippen molar-refractivity contribution in [2.75, 3.05) is 13.2 Å². The number of hydrogen-bond donors (Lipinski definition) is 2. The van der Waals surface area contributed by atoms with E-state index >= 15 is 0 Å². The summed E-state index contributed by atoms with van der Waals surface area (Å²) in [5.41, 5.74) is 0. The van der Waals surface area contributed by atoms with E-state index in [0.717, 1.165) is 0 Å². The molecule has 0 aliphatic rings. The monoisotopic (exact) mass is 231 g/mol. The van der Waals surface area contributed by atoms with Crippen LogP contribution in [0, 0.1) is 5.92 Å². The van der Waals surface area contributed by atoms with Crippen LogP contribution in [0.5, 0.6) is 0 Å². The molecule has 4 heteroatoms. The molecule has 0 rings (SSSR count). The van der Waals surface area contributed by atoms with Crippen molar-refractivity contribution in [3.05, 3.63) is 0 Å². The van der Waals surface area contributed by atoms with Gasteiger partial charge in [0.1, 0.15) is 0 Å². The van der Waals surface area contributed by atoms with Crippen LogP contribution in [0.3, 0.4) is 0 Å². The highest BCUT2D eigenvalue weighted by atomic mass is 16.5. The van der Waals surface area contributed by atoms with Crippen LogP contribution in [-0.2, 0) is 9.53 Å². The van der Waals surface area contributed by atoms with E-state index < -0.39 is 0 Å². The number of ether oxygens (including phenoxy) is 1. The zero-order chi connectivity index (χ0) is 12.6. The average Bonchev–Trinajstić information content (AvgIpc) is 2.16. The van der Waals surface area contributed by atoms with E-state index in [4.69, 9.17) is 9.84 Å². The molecule has 2 N–H and O–H groups in total. The van der Waals surface area contributed by atoms with Gasteiger partial charge in [0, 0.05) is 18.7 Å². The van der Waals surface area contributed by atoms with Gasteiger partial charge >= 0.3 is 5.97 Å². The predicted molar refractivity (Wildman–Crippen MR) is 64.2 cm³/mol. The summed E-state index contributed by atoms with van der Waals surface area (Å²) in [6, 6.07) is 0.326. The fourth-order valence-corrected chi connectivity index (χ4v) is 1.64. The smallest absolute Gasteiger partial charge is 0.307 e. The Balaban J connectivity index is 3.98. The lowest BCUT2D eigenvalue weighted by atomic mass is 10.00. The van der Waals surface area contributed by atoms with Crippen LogP contribution in [0.4, 0.5) is 0 Å². The van der Waals surface area contributed by atoms with Crippen molar-refractivity contribution in [2.45, 2.75) is 52.6 Å². The molecule has 4 nitrogen and oxygen atoms in total. The number of hydrogen-bond acceptors (Lipinski definition) is 4. The lowest BCUT2D eigenvalue weighted by Gasteiger charge is -2.25. The molecule has 96 valence electrons. The molecule has 0 aromatic heterocycles. The van der Waals surface area contributed by atoms with Crippen molar-refractivity contribution >= 4 is 5.97 Å². The van der Waals surface area contributed by atoms with E-state index in [-0.39, 0.29) is 24.7 Å². The molecular weight excluding hydrogens is 206 g/mol. The lowest BCUT2D eigenvalue weighted by Crippen LogP contribution is -2.41. The number of esters is 1. The van der Waals surface area contributed by atoms with Crippen molar-refractivity contribution in [1.82, 2.24) is 5.32 Å². The molecule has 0 bridgehead atoms. The Morgan fingerprint density at radius 3 is 2.44 bits per heavy atom. The van der Waals surface area contributed by atoms with Gasteiger partial charge in [0.15, 0.2) is 0 Å². The summed E-state index contributed by atoms with van der Waals surface area (Å²) in [5.74, 6) is 0.269. The van der Waals surface area contributed by atoms with Gasteiger partial charge < -0.3 is 15.2 Å². The average molecular weight is 231 g/mol. The Labute approximate surface area is 98.4 Å². The first kappa shape index (κ1) is 15.4. The summed E-state index contributed by atoms with van der Waals surface area (Å²) in [4.78, 5) is 11.3. The molecule has 2 unspecified atom stereocenters. The van der Waals surface area contributed by atoms with Gasteiger partial charge in [0.25, 0.3) is 0 Å². The molecule has 0 heterocycles. The van der Waals surface area contributed by atoms with Gasteiger partial charge in [-0.25, -0.2) is 0 Å². The number of nitrogens with one attached hydrogen (secondary N) is 1. The number of rotatable bonds is 8. The summed E-state index contributed by atoms with van der Waals surface area (Å²) >= 11 is 0. The van der Waals surface area contributed by atoms with E-state index in [9.17, 15) is 4.79 Å². The highest BCUT2D eigenvalue weighted by Gasteiger charge is 2.17. The molecule has 16 heavy (non-hydrogen) atoms. The first-order chi connectivity index (χ1) is 7.51. The summed E-state index contributed by atoms with van der Waals surface area (Å²) in [6.45, 7) is 8.56. The highest BCUT2D eigenvalue weighted by molar-refractivity contribution is 5.70. The van der Waals surface area contributed by atoms with Crippen LogP contribution < -0.4 is 5.32 Å². The molecule has 0 radical (unpaired) electrons. The van der Waals surface area contributed by atoms with E-state index in [1.54, 1.807) is 6.92 Å². The maximum atomic E-state index is 11.3. The second-order valence-electron chi connectivity index (χ2n) is 4.44. The summed E-state index contributed by atoms with van der Waals surface area (Å²) in [6.07, 6.45) is 1.09. The SMILES string of the molecule is CCOC(=O)CC(C)NC(CCO)C(C)C. The predicted octanol–water partition coefficient (Wildman–Crippen LogP) is 1.32. The maximum Gasteiger partial charge on any atom is 0.307 e. The number of carbonyl (C=O) groups excluding carboxylic acids is 1. The van der Waals surface area contributed by atoms with E-state index in [0.29, 0.717) is 25.4 Å². The third-order valence-corrected chi connectivity index (χ3v) is 2.52. The third-order valence-electron chi connectivity index (χ3n) is 2.52. The second kappa shape index (κ2) is 8.53. The summed E-state index contributed by atoms with van der Waals surface area (Å²) in [7, 11) is 0. The zero-order valence-corrected chi connectivity index (χ0v) is 10.8. The van der Waals surface area contributed by atoms with Gasteiger partial charge in [0.2, 0.25) is 0 Å². The number of aliphatic hydroxyl groups excluding tert-OH is 1. The van der Waals surface area contributed by atoms with Crippen LogP contribution in [0.25, 0.3) is 0 Å². The molecule has 0 aliphatic carbocycles. The molecule has 0 aliphatic heterocycles. The van der Waals surface area contributed by atoms with E-state index in [2.05, 4.69) is 19.2 Å². The van der Waals surface area contributed by atoms with Crippen molar-refractivity contribution in [1.29, 1.82) is 0 Å². The Morgan fingerprint density at radius 2 is 2.00 bits per heavy atom. The second-order valence-corrected chi connectivity index (χ2v) is 4.44. The summed E-state index contributed by atoms with van der Waals surface area (Å²) < 4.78 is 4.89. The number of carbonyl (C=O) groups is 1. The van der Waals surface area contributed by atoms with Crippen LogP contribution in [0.2, 0.25) is 0 Å². The van der Waals surface area contributed by atoms with Gasteiger partial charge in [-0.15, -0.1) is 0 Å². The number of aliphatic hydroxyl groups is 1. The Morgan fingerprint density at radius 1 is 1.38 bits per heavy atom. The Hall–Kier alpha value is -0.610. The first-order valence-corrected chi connectivity index (χ1v) is 6.03. The minimum atomic E-state index is -0.172. The largest absolute Gasteiger partial charge is 0.466 e. The molecule has 0 saturated carbocycles. The van der Waals surface area contributed by atoms with E-state index in [1.807, 2.05) is 6.92 Å². The topological polar surface area (TPSA) is 58.6 Å². The van der Waals surface area contributed by atoms with Crippen LogP contribution >= 0.6 is 0 Å². The molecule has 0 saturated heterocycles. The molecule has 0 amide bonds. The third kappa shape index (κ3) is 6.80. The van der Waals surface area contributed by atoms with Crippen LogP contribution in [0.15, 0.2) is 0 Å². The maximum absolute atomic E-state index is 11.3. The molecule has 0 aromatic carbocycles. The minimum Gasteiger partial charge on any atom is -0.466 e. The zero-order valence-electron chi connectivity index (χ0n) is 10.8. The van der Waals surface area contributed by atoms with Gasteiger partial charge in [-0.2, -0.15) is 0 Å². The van der Waals surface area contributed by atoms with Crippen molar-refractivity contribution in [2.24, 2.45) is 5.92 Å². The molecule has 2 atom stereocenters. The summed E-state index contributed by atoms with van der Waals surface area (Å²) in [5, 5.41) is 12.3.